The quantitative estimate of drug-likeness (QED) is 0.757. The van der Waals surface area contributed by atoms with Crippen molar-refractivity contribution >= 4 is 17.0 Å². The lowest BCUT2D eigenvalue weighted by molar-refractivity contribution is 0.616. The van der Waals surface area contributed by atoms with Gasteiger partial charge in [0.1, 0.15) is 5.58 Å². The molecule has 0 radical (unpaired) electrons. The zero-order valence-electron chi connectivity index (χ0n) is 7.23. The fraction of sp³-hybridized carbons (Fsp3) is 0.0909. The molecule has 0 saturated heterocycles. The van der Waals surface area contributed by atoms with Crippen LogP contribution in [-0.4, -0.2) is 6.54 Å². The van der Waals surface area contributed by atoms with E-state index in [2.05, 4.69) is 6.07 Å². The van der Waals surface area contributed by atoms with Crippen molar-refractivity contribution in [2.45, 2.75) is 0 Å². The Morgan fingerprint density at radius 3 is 3.08 bits per heavy atom. The molecule has 1 aromatic carbocycles. The van der Waals surface area contributed by atoms with Crippen LogP contribution in [0.2, 0.25) is 0 Å². The second-order valence-corrected chi connectivity index (χ2v) is 2.86. The first kappa shape index (κ1) is 8.08. The summed E-state index contributed by atoms with van der Waals surface area (Å²) < 4.78 is 5.23. The van der Waals surface area contributed by atoms with Crippen LogP contribution >= 0.6 is 0 Å². The van der Waals surface area contributed by atoms with E-state index in [1.807, 2.05) is 30.4 Å². The van der Waals surface area contributed by atoms with Crippen LogP contribution in [0.3, 0.4) is 0 Å². The third-order valence-electron chi connectivity index (χ3n) is 1.92. The van der Waals surface area contributed by atoms with E-state index in [9.17, 15) is 0 Å². The summed E-state index contributed by atoms with van der Waals surface area (Å²) in [4.78, 5) is 0. The second kappa shape index (κ2) is 3.46. The Labute approximate surface area is 76.7 Å². The molecule has 0 unspecified atom stereocenters. The van der Waals surface area contributed by atoms with E-state index in [-0.39, 0.29) is 0 Å². The number of rotatable bonds is 2. The Bertz CT molecular complexity index is 428. The van der Waals surface area contributed by atoms with E-state index in [1.54, 1.807) is 6.26 Å². The fourth-order valence-corrected chi connectivity index (χ4v) is 1.29. The molecule has 0 saturated carbocycles. The molecule has 0 aliphatic rings. The largest absolute Gasteiger partial charge is 0.464 e. The highest BCUT2D eigenvalue weighted by Crippen LogP contribution is 2.17. The van der Waals surface area contributed by atoms with Gasteiger partial charge in [-0.25, -0.2) is 0 Å². The van der Waals surface area contributed by atoms with Gasteiger partial charge in [0, 0.05) is 11.9 Å². The molecule has 2 aromatic rings. The van der Waals surface area contributed by atoms with Crippen molar-refractivity contribution in [3.63, 3.8) is 0 Å². The van der Waals surface area contributed by atoms with Crippen LogP contribution in [0.25, 0.3) is 17.0 Å². The molecule has 0 amide bonds. The lowest BCUT2D eigenvalue weighted by Crippen LogP contribution is -1.91. The average molecular weight is 173 g/mol. The lowest BCUT2D eigenvalue weighted by Gasteiger charge is -1.92. The van der Waals surface area contributed by atoms with Crippen molar-refractivity contribution in [1.29, 1.82) is 0 Å². The molecule has 2 N–H and O–H groups in total. The molecular formula is C11H11NO. The van der Waals surface area contributed by atoms with E-state index in [1.165, 1.54) is 0 Å². The normalized spacial score (nSPS) is 11.5. The maximum absolute atomic E-state index is 5.36. The molecule has 13 heavy (non-hydrogen) atoms. The van der Waals surface area contributed by atoms with E-state index < -0.39 is 0 Å². The van der Waals surface area contributed by atoms with Crippen LogP contribution in [0.15, 0.2) is 41.0 Å². The first-order valence-corrected chi connectivity index (χ1v) is 4.24. The van der Waals surface area contributed by atoms with Crippen molar-refractivity contribution in [1.82, 2.24) is 0 Å². The molecule has 0 aliphatic heterocycles. The molecule has 1 heterocycles. The van der Waals surface area contributed by atoms with Gasteiger partial charge in [0.05, 0.1) is 6.26 Å². The number of nitrogens with two attached hydrogens (primary N) is 1. The molecule has 0 fully saturated rings. The smallest absolute Gasteiger partial charge is 0.133 e. The summed E-state index contributed by atoms with van der Waals surface area (Å²) >= 11 is 0. The predicted octanol–water partition coefficient (Wildman–Crippen LogP) is 2.40. The summed E-state index contributed by atoms with van der Waals surface area (Å²) in [5, 5.41) is 1.12. The van der Waals surface area contributed by atoms with Crippen LogP contribution in [0, 0.1) is 0 Å². The standard InChI is InChI=1S/C11H11NO/c12-6-1-2-9-3-4-11-10(8-9)5-7-13-11/h1-5,7-8H,6,12H2. The molecule has 2 rings (SSSR count). The Balaban J connectivity index is 2.42. The van der Waals surface area contributed by atoms with Crippen molar-refractivity contribution in [2.75, 3.05) is 6.54 Å². The van der Waals surface area contributed by atoms with Crippen LogP contribution in [-0.2, 0) is 0 Å². The number of furan rings is 1. The topological polar surface area (TPSA) is 39.2 Å². The molecular weight excluding hydrogens is 162 g/mol. The van der Waals surface area contributed by atoms with E-state index >= 15 is 0 Å². The van der Waals surface area contributed by atoms with E-state index in [4.69, 9.17) is 10.2 Å². The summed E-state index contributed by atoms with van der Waals surface area (Å²) in [6, 6.07) is 8.00. The van der Waals surface area contributed by atoms with Gasteiger partial charge >= 0.3 is 0 Å². The highest BCUT2D eigenvalue weighted by molar-refractivity contribution is 5.79. The Morgan fingerprint density at radius 2 is 2.23 bits per heavy atom. The molecule has 2 nitrogen and oxygen atoms in total. The second-order valence-electron chi connectivity index (χ2n) is 2.86. The lowest BCUT2D eigenvalue weighted by atomic mass is 10.1. The van der Waals surface area contributed by atoms with Gasteiger partial charge in [-0.3, -0.25) is 0 Å². The Kier molecular flexibility index (Phi) is 2.15. The minimum atomic E-state index is 0.573. The van der Waals surface area contributed by atoms with Gasteiger partial charge in [-0.05, 0) is 23.8 Å². The molecule has 0 bridgehead atoms. The summed E-state index contributed by atoms with van der Waals surface area (Å²) in [7, 11) is 0. The highest BCUT2D eigenvalue weighted by atomic mass is 16.3. The number of hydrogen-bond donors (Lipinski definition) is 1. The molecule has 0 atom stereocenters. The van der Waals surface area contributed by atoms with E-state index in [0.29, 0.717) is 6.54 Å². The first-order chi connectivity index (χ1) is 6.40. The van der Waals surface area contributed by atoms with Gasteiger partial charge in [-0.15, -0.1) is 0 Å². The van der Waals surface area contributed by atoms with Gasteiger partial charge in [0.2, 0.25) is 0 Å². The molecule has 1 aromatic heterocycles. The van der Waals surface area contributed by atoms with Gasteiger partial charge < -0.3 is 10.2 Å². The summed E-state index contributed by atoms with van der Waals surface area (Å²) in [6.45, 7) is 0.573. The van der Waals surface area contributed by atoms with Crippen molar-refractivity contribution in [2.24, 2.45) is 5.73 Å². The third kappa shape index (κ3) is 1.63. The summed E-state index contributed by atoms with van der Waals surface area (Å²) in [6.07, 6.45) is 5.63. The van der Waals surface area contributed by atoms with Crippen molar-refractivity contribution in [3.8, 4) is 0 Å². The maximum Gasteiger partial charge on any atom is 0.133 e. The molecule has 66 valence electrons. The molecule has 0 spiro atoms. The summed E-state index contributed by atoms with van der Waals surface area (Å²) in [5.74, 6) is 0. The SMILES string of the molecule is NCC=Cc1ccc2occc2c1. The van der Waals surface area contributed by atoms with Crippen LogP contribution < -0.4 is 5.73 Å². The fourth-order valence-electron chi connectivity index (χ4n) is 1.29. The van der Waals surface area contributed by atoms with Gasteiger partial charge in [-0.1, -0.05) is 18.2 Å². The van der Waals surface area contributed by atoms with Crippen LogP contribution in [0.5, 0.6) is 0 Å². The summed E-state index contributed by atoms with van der Waals surface area (Å²) in [5.41, 5.74) is 7.44. The molecule has 2 heteroatoms. The maximum atomic E-state index is 5.36. The van der Waals surface area contributed by atoms with Gasteiger partial charge in [-0.2, -0.15) is 0 Å². The Morgan fingerprint density at radius 1 is 1.31 bits per heavy atom. The monoisotopic (exact) mass is 173 g/mol. The minimum absolute atomic E-state index is 0.573. The van der Waals surface area contributed by atoms with Gasteiger partial charge in [0.15, 0.2) is 0 Å². The van der Waals surface area contributed by atoms with E-state index in [0.717, 1.165) is 16.5 Å². The zero-order chi connectivity index (χ0) is 9.10. The predicted molar refractivity (Wildman–Crippen MR) is 54.3 cm³/mol. The Hall–Kier alpha value is -1.54. The van der Waals surface area contributed by atoms with Crippen molar-refractivity contribution in [3.05, 3.63) is 42.2 Å². The highest BCUT2D eigenvalue weighted by Gasteiger charge is 1.95. The number of benzene rings is 1. The zero-order valence-corrected chi connectivity index (χ0v) is 7.23. The third-order valence-corrected chi connectivity index (χ3v) is 1.92. The average Bonchev–Trinajstić information content (AvgIpc) is 2.61. The van der Waals surface area contributed by atoms with Crippen LogP contribution in [0.1, 0.15) is 5.56 Å². The number of fused-ring (bicyclic) bond motifs is 1. The van der Waals surface area contributed by atoms with Gasteiger partial charge in [0.25, 0.3) is 0 Å². The minimum Gasteiger partial charge on any atom is -0.464 e. The van der Waals surface area contributed by atoms with Crippen LogP contribution in [0.4, 0.5) is 0 Å². The number of hydrogen-bond acceptors (Lipinski definition) is 2. The first-order valence-electron chi connectivity index (χ1n) is 4.24. The molecule has 0 aliphatic carbocycles. The van der Waals surface area contributed by atoms with Crippen molar-refractivity contribution < 1.29 is 4.42 Å².